The number of carbonyl (C=O) groups is 2. The van der Waals surface area contributed by atoms with Crippen molar-refractivity contribution in [3.63, 3.8) is 0 Å². The molecule has 0 bridgehead atoms. The number of fused-ring (bicyclic) bond motifs is 1. The SMILES string of the molecule is CNC(=O)[C@@H](CC(=O)c1ccc(-c2ccc3c(c2)CC(N)=N3)o1)C1CCCCC1. The minimum absolute atomic E-state index is 0.0479. The lowest BCUT2D eigenvalue weighted by molar-refractivity contribution is -0.126. The number of nitrogens with zero attached hydrogens (tertiary/aromatic N) is 1. The molecule has 4 rings (SSSR count). The third-order valence-corrected chi connectivity index (χ3v) is 6.09. The van der Waals surface area contributed by atoms with Crippen molar-refractivity contribution in [3.8, 4) is 11.3 Å². The minimum atomic E-state index is -0.290. The zero-order valence-corrected chi connectivity index (χ0v) is 16.7. The van der Waals surface area contributed by atoms with Gasteiger partial charge >= 0.3 is 0 Å². The first-order valence-electron chi connectivity index (χ1n) is 10.4. The summed E-state index contributed by atoms with van der Waals surface area (Å²) < 4.78 is 5.87. The van der Waals surface area contributed by atoms with Gasteiger partial charge in [-0.2, -0.15) is 0 Å². The third-order valence-electron chi connectivity index (χ3n) is 6.09. The summed E-state index contributed by atoms with van der Waals surface area (Å²) >= 11 is 0. The van der Waals surface area contributed by atoms with E-state index in [1.165, 1.54) is 6.42 Å². The van der Waals surface area contributed by atoms with Gasteiger partial charge in [-0.25, -0.2) is 4.99 Å². The van der Waals surface area contributed by atoms with E-state index >= 15 is 0 Å². The molecule has 1 aromatic carbocycles. The number of ketones is 1. The quantitative estimate of drug-likeness (QED) is 0.725. The summed E-state index contributed by atoms with van der Waals surface area (Å²) in [5, 5.41) is 2.73. The molecule has 1 saturated carbocycles. The molecule has 2 aromatic rings. The van der Waals surface area contributed by atoms with Crippen LogP contribution >= 0.6 is 0 Å². The number of carbonyl (C=O) groups excluding carboxylic acids is 2. The van der Waals surface area contributed by atoms with Crippen molar-refractivity contribution in [2.45, 2.75) is 44.9 Å². The molecule has 152 valence electrons. The molecule has 6 heteroatoms. The molecular formula is C23H27N3O3. The molecule has 1 amide bonds. The average Bonchev–Trinajstić information content (AvgIpc) is 3.37. The number of Topliss-reactive ketones (excluding diaryl/α,β-unsaturated/α-hetero) is 1. The van der Waals surface area contributed by atoms with Crippen LogP contribution in [0.4, 0.5) is 5.69 Å². The molecule has 0 unspecified atom stereocenters. The van der Waals surface area contributed by atoms with Crippen LogP contribution in [0.3, 0.4) is 0 Å². The zero-order valence-electron chi connectivity index (χ0n) is 16.7. The van der Waals surface area contributed by atoms with Crippen LogP contribution < -0.4 is 11.1 Å². The normalized spacial score (nSPS) is 17.5. The summed E-state index contributed by atoms with van der Waals surface area (Å²) in [6.45, 7) is 0. The highest BCUT2D eigenvalue weighted by atomic mass is 16.3. The summed E-state index contributed by atoms with van der Waals surface area (Å²) in [6, 6.07) is 9.35. The monoisotopic (exact) mass is 393 g/mol. The molecule has 0 radical (unpaired) electrons. The Balaban J connectivity index is 1.49. The van der Waals surface area contributed by atoms with Gasteiger partial charge in [-0.15, -0.1) is 0 Å². The predicted molar refractivity (Wildman–Crippen MR) is 112 cm³/mol. The first kappa shape index (κ1) is 19.4. The number of hydrogen-bond donors (Lipinski definition) is 2. The van der Waals surface area contributed by atoms with Gasteiger partial charge in [-0.1, -0.05) is 19.3 Å². The van der Waals surface area contributed by atoms with Crippen LogP contribution in [0.5, 0.6) is 0 Å². The van der Waals surface area contributed by atoms with Gasteiger partial charge < -0.3 is 15.5 Å². The number of nitrogens with one attached hydrogen (secondary N) is 1. The molecular weight excluding hydrogens is 366 g/mol. The van der Waals surface area contributed by atoms with Gasteiger partial charge in [0.1, 0.15) is 11.6 Å². The average molecular weight is 393 g/mol. The summed E-state index contributed by atoms with van der Waals surface area (Å²) in [5.74, 6) is 1.36. The summed E-state index contributed by atoms with van der Waals surface area (Å²) in [6.07, 6.45) is 6.30. The van der Waals surface area contributed by atoms with E-state index in [4.69, 9.17) is 10.2 Å². The minimum Gasteiger partial charge on any atom is -0.453 e. The highest BCUT2D eigenvalue weighted by molar-refractivity contribution is 5.97. The van der Waals surface area contributed by atoms with E-state index in [1.807, 2.05) is 24.3 Å². The van der Waals surface area contributed by atoms with Crippen LogP contribution in [-0.4, -0.2) is 24.6 Å². The van der Waals surface area contributed by atoms with E-state index in [0.717, 1.165) is 42.5 Å². The number of nitrogens with two attached hydrogens (primary N) is 1. The molecule has 1 aliphatic carbocycles. The van der Waals surface area contributed by atoms with Gasteiger partial charge in [0.15, 0.2) is 11.5 Å². The van der Waals surface area contributed by atoms with Gasteiger partial charge in [-0.3, -0.25) is 9.59 Å². The first-order valence-corrected chi connectivity index (χ1v) is 10.4. The predicted octanol–water partition coefficient (Wildman–Crippen LogP) is 4.01. The Morgan fingerprint density at radius 1 is 1.21 bits per heavy atom. The number of aliphatic imine (C=N–C) groups is 1. The Labute approximate surface area is 170 Å². The number of amides is 1. The lowest BCUT2D eigenvalue weighted by Gasteiger charge is -2.28. The van der Waals surface area contributed by atoms with Crippen molar-refractivity contribution >= 4 is 23.2 Å². The Bertz CT molecular complexity index is 954. The Hall–Kier alpha value is -2.89. The van der Waals surface area contributed by atoms with E-state index in [9.17, 15) is 9.59 Å². The fourth-order valence-electron chi connectivity index (χ4n) is 4.52. The van der Waals surface area contributed by atoms with Gasteiger partial charge in [0.05, 0.1) is 5.69 Å². The fourth-order valence-corrected chi connectivity index (χ4v) is 4.52. The van der Waals surface area contributed by atoms with Crippen molar-refractivity contribution in [2.24, 2.45) is 22.6 Å². The number of benzene rings is 1. The lowest BCUT2D eigenvalue weighted by Crippen LogP contribution is -2.35. The topological polar surface area (TPSA) is 97.7 Å². The van der Waals surface area contributed by atoms with Gasteiger partial charge in [0.25, 0.3) is 0 Å². The van der Waals surface area contributed by atoms with E-state index < -0.39 is 0 Å². The van der Waals surface area contributed by atoms with Crippen molar-refractivity contribution in [1.82, 2.24) is 5.32 Å². The van der Waals surface area contributed by atoms with Crippen LogP contribution in [0, 0.1) is 11.8 Å². The highest BCUT2D eigenvalue weighted by Crippen LogP contribution is 2.34. The second kappa shape index (κ2) is 8.23. The van der Waals surface area contributed by atoms with Crippen LogP contribution in [0.1, 0.15) is 54.6 Å². The maximum atomic E-state index is 12.9. The van der Waals surface area contributed by atoms with Crippen LogP contribution in [0.25, 0.3) is 11.3 Å². The third kappa shape index (κ3) is 4.11. The Morgan fingerprint density at radius 2 is 2.00 bits per heavy atom. The van der Waals surface area contributed by atoms with Crippen molar-refractivity contribution in [2.75, 3.05) is 7.05 Å². The molecule has 1 aromatic heterocycles. The second-order valence-electron chi connectivity index (χ2n) is 8.03. The lowest BCUT2D eigenvalue weighted by atomic mass is 9.77. The van der Waals surface area contributed by atoms with Crippen LogP contribution in [0.2, 0.25) is 0 Å². The molecule has 6 nitrogen and oxygen atoms in total. The van der Waals surface area contributed by atoms with Gasteiger partial charge in [0, 0.05) is 31.4 Å². The van der Waals surface area contributed by atoms with E-state index in [2.05, 4.69) is 10.3 Å². The molecule has 3 N–H and O–H groups in total. The number of amidine groups is 1. The highest BCUT2D eigenvalue weighted by Gasteiger charge is 2.32. The van der Waals surface area contributed by atoms with E-state index in [0.29, 0.717) is 23.8 Å². The van der Waals surface area contributed by atoms with Crippen molar-refractivity contribution in [3.05, 3.63) is 41.7 Å². The summed E-state index contributed by atoms with van der Waals surface area (Å²) in [4.78, 5) is 29.6. The van der Waals surface area contributed by atoms with Crippen LogP contribution in [-0.2, 0) is 11.2 Å². The van der Waals surface area contributed by atoms with E-state index in [1.54, 1.807) is 13.1 Å². The molecule has 1 fully saturated rings. The second-order valence-corrected chi connectivity index (χ2v) is 8.03. The molecule has 2 heterocycles. The molecule has 1 aliphatic heterocycles. The van der Waals surface area contributed by atoms with Gasteiger partial charge in [-0.05, 0) is 54.7 Å². The maximum Gasteiger partial charge on any atom is 0.223 e. The smallest absolute Gasteiger partial charge is 0.223 e. The largest absolute Gasteiger partial charge is 0.453 e. The molecule has 0 saturated heterocycles. The molecule has 2 aliphatic rings. The Kier molecular flexibility index (Phi) is 5.51. The number of furan rings is 1. The van der Waals surface area contributed by atoms with Gasteiger partial charge in [0.2, 0.25) is 5.91 Å². The molecule has 1 atom stereocenters. The fraction of sp³-hybridized carbons (Fsp3) is 0.435. The van der Waals surface area contributed by atoms with Crippen molar-refractivity contribution in [1.29, 1.82) is 0 Å². The van der Waals surface area contributed by atoms with E-state index in [-0.39, 0.29) is 29.9 Å². The first-order chi connectivity index (χ1) is 14.0. The maximum absolute atomic E-state index is 12.9. The van der Waals surface area contributed by atoms with Crippen LogP contribution in [0.15, 0.2) is 39.7 Å². The molecule has 0 spiro atoms. The Morgan fingerprint density at radius 3 is 2.76 bits per heavy atom. The number of hydrogen-bond acceptors (Lipinski definition) is 5. The summed E-state index contributed by atoms with van der Waals surface area (Å²) in [5.41, 5.74) is 8.64. The summed E-state index contributed by atoms with van der Waals surface area (Å²) in [7, 11) is 1.64. The van der Waals surface area contributed by atoms with Crippen molar-refractivity contribution < 1.29 is 14.0 Å². The molecule has 29 heavy (non-hydrogen) atoms. The standard InChI is InChI=1S/C23H27N3O3/c1-25-23(28)17(14-5-3-2-4-6-14)13-19(27)21-10-9-20(29-21)15-7-8-18-16(11-15)12-22(24)26-18/h7-11,14,17H,2-6,12-13H2,1H3,(H2,24,26)(H,25,28)/t17-/m0/s1. The number of rotatable bonds is 6. The zero-order chi connectivity index (χ0) is 20.4.